The van der Waals surface area contributed by atoms with Gasteiger partial charge < -0.3 is 4.70 Å². The normalized spacial score (nSPS) is 14.5. The van der Waals surface area contributed by atoms with Crippen LogP contribution in [-0.4, -0.2) is 17.3 Å². The Hall–Kier alpha value is -2.64. The fourth-order valence-electron chi connectivity index (χ4n) is 4.03. The molecule has 29 heavy (non-hydrogen) atoms. The van der Waals surface area contributed by atoms with Gasteiger partial charge in [0.15, 0.2) is 0 Å². The minimum atomic E-state index is -3.67. The molecule has 1 aliphatic rings. The average molecular weight is 405 g/mol. The van der Waals surface area contributed by atoms with Crippen molar-refractivity contribution in [1.82, 2.24) is 9.78 Å². The fourth-order valence-corrected chi connectivity index (χ4v) is 4.03. The number of nitrogens with zero attached hydrogens (tertiary/aromatic N) is 3. The molecule has 0 bridgehead atoms. The molecule has 0 fully saturated rings. The molecule has 8 heteroatoms. The quantitative estimate of drug-likeness (QED) is 0.370. The summed E-state index contributed by atoms with van der Waals surface area (Å²) in [6.45, 7) is 6.50. The number of hydrogen-bond acceptors (Lipinski definition) is 1. The first-order valence-electron chi connectivity index (χ1n) is 9.39. The highest BCUT2D eigenvalue weighted by atomic mass is 19.4. The van der Waals surface area contributed by atoms with E-state index in [0.717, 1.165) is 12.8 Å². The van der Waals surface area contributed by atoms with Crippen molar-refractivity contribution in [3.05, 3.63) is 76.9 Å². The van der Waals surface area contributed by atoms with Crippen molar-refractivity contribution in [1.29, 1.82) is 0 Å². The van der Waals surface area contributed by atoms with Crippen molar-refractivity contribution < 1.29 is 22.2 Å². The lowest BCUT2D eigenvalue weighted by Crippen LogP contribution is -3.00. The first-order chi connectivity index (χ1) is 13.3. The number of fused-ring (bicyclic) bond motifs is 1. The van der Waals surface area contributed by atoms with Gasteiger partial charge in [-0.3, -0.25) is 12.9 Å². The summed E-state index contributed by atoms with van der Waals surface area (Å²) in [7, 11) is -3.67. The van der Waals surface area contributed by atoms with E-state index in [4.69, 9.17) is 5.10 Å². The zero-order valence-electron chi connectivity index (χ0n) is 16.7. The third-order valence-electron chi connectivity index (χ3n) is 5.03. The lowest BCUT2D eigenvalue weighted by molar-refractivity contribution is -0.716. The highest BCUT2D eigenvalue weighted by Crippen LogP contribution is 2.24. The fraction of sp³-hybridized carbons (Fsp3) is 0.333. The number of halogens is 4. The van der Waals surface area contributed by atoms with E-state index in [-0.39, 0.29) is 4.70 Å². The average Bonchev–Trinajstić information content (AvgIpc) is 3.16. The zero-order chi connectivity index (χ0) is 20.3. The summed E-state index contributed by atoms with van der Waals surface area (Å²) >= 11 is 0. The van der Waals surface area contributed by atoms with Crippen LogP contribution < -0.4 is 9.27 Å². The van der Waals surface area contributed by atoms with E-state index in [1.54, 1.807) is 0 Å². The second-order valence-electron chi connectivity index (χ2n) is 7.26. The summed E-state index contributed by atoms with van der Waals surface area (Å²) in [5, 5.41) is 4.88. The summed E-state index contributed by atoms with van der Waals surface area (Å²) in [6.07, 6.45) is 5.52. The molecule has 154 valence electrons. The lowest BCUT2D eigenvalue weighted by Gasteiger charge is -2.09. The summed E-state index contributed by atoms with van der Waals surface area (Å²) in [5.74, 6) is 1.20. The molecular formula is C21H24BF4N3. The Labute approximate surface area is 168 Å². The van der Waals surface area contributed by atoms with Crippen LogP contribution >= 0.6 is 0 Å². The van der Waals surface area contributed by atoms with Gasteiger partial charge in [0.05, 0.1) is 6.04 Å². The summed E-state index contributed by atoms with van der Waals surface area (Å²) in [5.41, 5.74) is 6.50. The second-order valence-corrected chi connectivity index (χ2v) is 7.26. The van der Waals surface area contributed by atoms with Gasteiger partial charge in [-0.15, -0.1) is 0 Å². The number of hydrogen-bond donors (Lipinski definition) is 0. The van der Waals surface area contributed by atoms with Gasteiger partial charge in [-0.25, -0.2) is 4.57 Å². The molecule has 0 amide bonds. The van der Waals surface area contributed by atoms with Gasteiger partial charge in [-0.2, -0.15) is 0 Å². The monoisotopic (exact) mass is 405 g/mol. The predicted molar refractivity (Wildman–Crippen MR) is 105 cm³/mol. The SMILES string of the molecule is Cc1cc(C)c(-n2c[n+]3c(n2)CC[C@@H]3Cc2ccccc2)c(C)c1.FB(F)F.[F-]. The summed E-state index contributed by atoms with van der Waals surface area (Å²) in [6, 6.07) is 15.8. The number of aryl methyl sites for hydroxylation is 4. The lowest BCUT2D eigenvalue weighted by atomic mass is 10.0. The van der Waals surface area contributed by atoms with Crippen LogP contribution in [0.1, 0.15) is 40.5 Å². The Kier molecular flexibility index (Phi) is 7.59. The van der Waals surface area contributed by atoms with Crippen LogP contribution in [0, 0.1) is 20.8 Å². The van der Waals surface area contributed by atoms with Crippen molar-refractivity contribution in [2.24, 2.45) is 0 Å². The Morgan fingerprint density at radius 1 is 1.07 bits per heavy atom. The van der Waals surface area contributed by atoms with Crippen molar-refractivity contribution in [2.75, 3.05) is 0 Å². The van der Waals surface area contributed by atoms with Crippen LogP contribution in [0.5, 0.6) is 0 Å². The van der Waals surface area contributed by atoms with Crippen LogP contribution in [0.4, 0.5) is 12.9 Å². The van der Waals surface area contributed by atoms with Gasteiger partial charge >= 0.3 is 7.54 Å². The van der Waals surface area contributed by atoms with Crippen molar-refractivity contribution in [3.8, 4) is 5.69 Å². The molecule has 1 aromatic heterocycles. The van der Waals surface area contributed by atoms with E-state index in [0.29, 0.717) is 6.04 Å². The molecule has 1 atom stereocenters. The summed E-state index contributed by atoms with van der Waals surface area (Å²) < 4.78 is 33.5. The second kappa shape index (κ2) is 9.72. The van der Waals surface area contributed by atoms with Gasteiger partial charge in [0.2, 0.25) is 6.33 Å². The topological polar surface area (TPSA) is 21.7 Å². The van der Waals surface area contributed by atoms with Gasteiger partial charge in [0.25, 0.3) is 5.82 Å². The Morgan fingerprint density at radius 3 is 2.24 bits per heavy atom. The molecule has 3 nitrogen and oxygen atoms in total. The Morgan fingerprint density at radius 2 is 1.66 bits per heavy atom. The molecule has 0 radical (unpaired) electrons. The molecule has 1 aliphatic heterocycles. The number of benzene rings is 2. The van der Waals surface area contributed by atoms with E-state index in [2.05, 4.69) is 78.8 Å². The van der Waals surface area contributed by atoms with E-state index >= 15 is 0 Å². The number of aromatic nitrogens is 3. The van der Waals surface area contributed by atoms with Crippen LogP contribution in [0.3, 0.4) is 0 Å². The molecule has 3 aromatic rings. The van der Waals surface area contributed by atoms with Crippen LogP contribution in [0.15, 0.2) is 48.8 Å². The van der Waals surface area contributed by atoms with Crippen molar-refractivity contribution >= 4 is 7.54 Å². The van der Waals surface area contributed by atoms with E-state index in [9.17, 15) is 12.9 Å². The molecule has 0 unspecified atom stereocenters. The molecule has 0 aliphatic carbocycles. The molecule has 0 spiro atoms. The van der Waals surface area contributed by atoms with Crippen LogP contribution in [0.2, 0.25) is 0 Å². The molecule has 0 saturated carbocycles. The van der Waals surface area contributed by atoms with Gasteiger partial charge in [-0.1, -0.05) is 52.7 Å². The summed E-state index contributed by atoms with van der Waals surface area (Å²) in [4.78, 5) is 0. The Bertz CT molecular complexity index is 919. The zero-order valence-corrected chi connectivity index (χ0v) is 16.7. The van der Waals surface area contributed by atoms with E-state index in [1.165, 1.54) is 40.2 Å². The van der Waals surface area contributed by atoms with Crippen LogP contribution in [0.25, 0.3) is 5.69 Å². The first-order valence-corrected chi connectivity index (χ1v) is 9.39. The third kappa shape index (κ3) is 5.46. The molecule has 0 N–H and O–H groups in total. The van der Waals surface area contributed by atoms with Gasteiger partial charge in [0, 0.05) is 17.9 Å². The molecule has 2 heterocycles. The third-order valence-corrected chi connectivity index (χ3v) is 5.03. The van der Waals surface area contributed by atoms with Crippen LogP contribution in [-0.2, 0) is 12.8 Å². The van der Waals surface area contributed by atoms with Crippen molar-refractivity contribution in [3.63, 3.8) is 0 Å². The Balaban J connectivity index is 0.000000552. The van der Waals surface area contributed by atoms with Crippen molar-refractivity contribution in [2.45, 2.75) is 46.1 Å². The smallest absolute Gasteiger partial charge is 0.762 e. The highest BCUT2D eigenvalue weighted by molar-refractivity contribution is 6.33. The maximum absolute atomic E-state index is 9.67. The minimum absolute atomic E-state index is 0. The first kappa shape index (κ1) is 22.7. The maximum atomic E-state index is 9.67. The highest BCUT2D eigenvalue weighted by Gasteiger charge is 2.32. The maximum Gasteiger partial charge on any atom is 0.762 e. The van der Waals surface area contributed by atoms with Gasteiger partial charge in [-0.05, 0) is 43.9 Å². The molecule has 0 saturated heterocycles. The predicted octanol–water partition coefficient (Wildman–Crippen LogP) is 1.70. The molecular weight excluding hydrogens is 381 g/mol. The standard InChI is InChI=1S/C21H24N3.BF3.FH/c1-15-11-16(2)21(17(3)12-15)24-14-23-19(9-10-20(23)22-24)13-18-7-5-4-6-8-18;2-1(3)4;/h4-8,11-12,14,19H,9-10,13H2,1-3H3;;1H/q+1;;/p-1/t19-;;/m1../s1. The molecule has 2 aromatic carbocycles. The molecule has 4 rings (SSSR count). The van der Waals surface area contributed by atoms with E-state index in [1.807, 2.05) is 0 Å². The number of rotatable bonds is 3. The van der Waals surface area contributed by atoms with Gasteiger partial charge in [0.1, 0.15) is 5.69 Å². The minimum Gasteiger partial charge on any atom is -1.00 e. The van der Waals surface area contributed by atoms with E-state index < -0.39 is 7.54 Å². The largest absolute Gasteiger partial charge is 1.00 e.